The van der Waals surface area contributed by atoms with Crippen molar-refractivity contribution in [1.82, 2.24) is 9.97 Å². The topological polar surface area (TPSA) is 37.8 Å². The molecule has 2 atom stereocenters. The van der Waals surface area contributed by atoms with Crippen LogP contribution in [-0.2, 0) is 6.42 Å². The van der Waals surface area contributed by atoms with Gasteiger partial charge in [0.1, 0.15) is 0 Å². The van der Waals surface area contributed by atoms with Crippen molar-refractivity contribution in [1.29, 1.82) is 0 Å². The molecule has 0 aliphatic heterocycles. The number of fused-ring (bicyclic) bond motifs is 1. The lowest BCUT2D eigenvalue weighted by Crippen LogP contribution is -2.19. The van der Waals surface area contributed by atoms with Gasteiger partial charge in [-0.1, -0.05) is 31.2 Å². The maximum Gasteiger partial charge on any atom is 0.223 e. The van der Waals surface area contributed by atoms with Gasteiger partial charge in [-0.3, -0.25) is 0 Å². The van der Waals surface area contributed by atoms with E-state index in [0.717, 1.165) is 5.95 Å². The normalized spacial score (nSPS) is 22.4. The van der Waals surface area contributed by atoms with E-state index in [0.29, 0.717) is 12.0 Å². The van der Waals surface area contributed by atoms with E-state index in [2.05, 4.69) is 46.5 Å². The van der Waals surface area contributed by atoms with Gasteiger partial charge in [0.15, 0.2) is 0 Å². The van der Waals surface area contributed by atoms with Gasteiger partial charge in [-0.25, -0.2) is 9.97 Å². The first-order valence-electron chi connectivity index (χ1n) is 6.96. The Morgan fingerprint density at radius 1 is 1.11 bits per heavy atom. The summed E-state index contributed by atoms with van der Waals surface area (Å²) in [6.45, 7) is 2.31. The minimum Gasteiger partial charge on any atom is -0.347 e. The molecule has 0 saturated heterocycles. The Bertz CT molecular complexity index is 539. The Kier molecular flexibility index (Phi) is 3.45. The number of hydrogen-bond acceptors (Lipinski definition) is 3. The molecule has 1 heterocycles. The molecule has 3 nitrogen and oxygen atoms in total. The molecule has 19 heavy (non-hydrogen) atoms. The average molecular weight is 253 g/mol. The molecule has 0 bridgehead atoms. The molecule has 1 N–H and O–H groups in total. The van der Waals surface area contributed by atoms with E-state index in [1.165, 1.54) is 30.4 Å². The maximum atomic E-state index is 4.29. The third-order valence-corrected chi connectivity index (χ3v) is 3.92. The van der Waals surface area contributed by atoms with Gasteiger partial charge in [-0.2, -0.15) is 0 Å². The minimum atomic E-state index is 0.307. The van der Waals surface area contributed by atoms with Crippen LogP contribution in [0.5, 0.6) is 0 Å². The van der Waals surface area contributed by atoms with E-state index in [-0.39, 0.29) is 0 Å². The fourth-order valence-electron chi connectivity index (χ4n) is 2.89. The Balaban J connectivity index is 1.93. The number of anilines is 1. The molecule has 0 fully saturated rings. The molecule has 0 amide bonds. The van der Waals surface area contributed by atoms with Crippen LogP contribution < -0.4 is 5.32 Å². The smallest absolute Gasteiger partial charge is 0.223 e. The Hall–Kier alpha value is -1.90. The van der Waals surface area contributed by atoms with Crippen molar-refractivity contribution in [3.8, 4) is 0 Å². The lowest BCUT2D eigenvalue weighted by atomic mass is 9.92. The van der Waals surface area contributed by atoms with Crippen molar-refractivity contribution in [3.05, 3.63) is 53.9 Å². The largest absolute Gasteiger partial charge is 0.347 e. The van der Waals surface area contributed by atoms with Crippen molar-refractivity contribution in [2.75, 3.05) is 5.32 Å². The summed E-state index contributed by atoms with van der Waals surface area (Å²) in [6, 6.07) is 10.9. The molecule has 98 valence electrons. The molecule has 3 rings (SSSR count). The van der Waals surface area contributed by atoms with E-state index in [9.17, 15) is 0 Å². The number of rotatable bonds is 2. The quantitative estimate of drug-likeness (QED) is 0.831. The van der Waals surface area contributed by atoms with E-state index < -0.39 is 0 Å². The minimum absolute atomic E-state index is 0.307. The van der Waals surface area contributed by atoms with Crippen molar-refractivity contribution >= 4 is 5.95 Å². The highest BCUT2D eigenvalue weighted by Gasteiger charge is 2.24. The van der Waals surface area contributed by atoms with E-state index in [1.54, 1.807) is 12.4 Å². The average Bonchev–Trinajstić information content (AvgIpc) is 2.61. The molecule has 1 aromatic carbocycles. The third kappa shape index (κ3) is 2.60. The summed E-state index contributed by atoms with van der Waals surface area (Å²) in [5, 5.41) is 3.50. The van der Waals surface area contributed by atoms with Crippen LogP contribution >= 0.6 is 0 Å². The molecule has 1 aliphatic rings. The molecule has 3 heteroatoms. The fraction of sp³-hybridized carbons (Fsp3) is 0.375. The van der Waals surface area contributed by atoms with Crippen molar-refractivity contribution < 1.29 is 0 Å². The van der Waals surface area contributed by atoms with Gasteiger partial charge >= 0.3 is 0 Å². The summed E-state index contributed by atoms with van der Waals surface area (Å²) in [5.74, 6) is 1.31. The molecule has 1 aromatic heterocycles. The first-order chi connectivity index (χ1) is 9.34. The molecule has 0 spiro atoms. The van der Waals surface area contributed by atoms with Gasteiger partial charge in [-0.05, 0) is 42.4 Å². The number of nitrogens with one attached hydrogen (secondary N) is 1. The lowest BCUT2D eigenvalue weighted by Gasteiger charge is -2.24. The summed E-state index contributed by atoms with van der Waals surface area (Å²) in [6.07, 6.45) is 7.23. The van der Waals surface area contributed by atoms with Gasteiger partial charge in [0.05, 0.1) is 6.04 Å². The van der Waals surface area contributed by atoms with E-state index in [4.69, 9.17) is 0 Å². The lowest BCUT2D eigenvalue weighted by molar-refractivity contribution is 0.461. The monoisotopic (exact) mass is 253 g/mol. The zero-order valence-corrected chi connectivity index (χ0v) is 11.2. The second-order valence-corrected chi connectivity index (χ2v) is 5.26. The van der Waals surface area contributed by atoms with Crippen molar-refractivity contribution in [2.45, 2.75) is 32.2 Å². The second kappa shape index (κ2) is 5.39. The standard InChI is InChI=1S/C16H19N3/c1-12-6-4-8-13-7-2-3-9-14(13)15(12)19-16-17-10-5-11-18-16/h2-3,5,7,9-12,15H,4,6,8H2,1H3,(H,17,18,19). The van der Waals surface area contributed by atoms with Gasteiger partial charge in [0.25, 0.3) is 0 Å². The molecular weight excluding hydrogens is 234 g/mol. The maximum absolute atomic E-state index is 4.29. The zero-order valence-electron chi connectivity index (χ0n) is 11.2. The summed E-state index contributed by atoms with van der Waals surface area (Å²) in [7, 11) is 0. The van der Waals surface area contributed by atoms with Crippen LogP contribution in [0.3, 0.4) is 0 Å². The third-order valence-electron chi connectivity index (χ3n) is 3.92. The van der Waals surface area contributed by atoms with E-state index in [1.807, 2.05) is 6.07 Å². The molecule has 2 aromatic rings. The summed E-state index contributed by atoms with van der Waals surface area (Å²) >= 11 is 0. The summed E-state index contributed by atoms with van der Waals surface area (Å²) in [5.41, 5.74) is 2.86. The van der Waals surface area contributed by atoms with Crippen LogP contribution in [0, 0.1) is 5.92 Å². The second-order valence-electron chi connectivity index (χ2n) is 5.26. The number of hydrogen-bond donors (Lipinski definition) is 1. The highest BCUT2D eigenvalue weighted by atomic mass is 15.1. The molecular formula is C16H19N3. The van der Waals surface area contributed by atoms with Gasteiger partial charge in [0.2, 0.25) is 5.95 Å². The molecule has 2 unspecified atom stereocenters. The molecule has 0 radical (unpaired) electrons. The summed E-state index contributed by atoms with van der Waals surface area (Å²) < 4.78 is 0. The number of aryl methyl sites for hydroxylation is 1. The SMILES string of the molecule is CC1CCCc2ccccc2C1Nc1ncccn1. The Labute approximate surface area is 114 Å². The van der Waals surface area contributed by atoms with Crippen LogP contribution in [0.1, 0.15) is 36.9 Å². The Morgan fingerprint density at radius 2 is 1.89 bits per heavy atom. The molecule has 1 aliphatic carbocycles. The van der Waals surface area contributed by atoms with E-state index >= 15 is 0 Å². The highest BCUT2D eigenvalue weighted by Crippen LogP contribution is 2.34. The van der Waals surface area contributed by atoms with Gasteiger partial charge in [0, 0.05) is 12.4 Å². The first-order valence-corrected chi connectivity index (χ1v) is 6.96. The van der Waals surface area contributed by atoms with Crippen LogP contribution in [0.2, 0.25) is 0 Å². The number of nitrogens with zero attached hydrogens (tertiary/aromatic N) is 2. The van der Waals surface area contributed by atoms with Crippen molar-refractivity contribution in [2.24, 2.45) is 5.92 Å². The van der Waals surface area contributed by atoms with Crippen LogP contribution in [0.4, 0.5) is 5.95 Å². The van der Waals surface area contributed by atoms with Crippen molar-refractivity contribution in [3.63, 3.8) is 0 Å². The van der Waals surface area contributed by atoms with Crippen LogP contribution in [-0.4, -0.2) is 9.97 Å². The number of benzene rings is 1. The predicted molar refractivity (Wildman–Crippen MR) is 76.9 cm³/mol. The highest BCUT2D eigenvalue weighted by molar-refractivity contribution is 5.38. The predicted octanol–water partition coefficient (Wildman–Crippen LogP) is 3.60. The molecule has 0 saturated carbocycles. The van der Waals surface area contributed by atoms with Gasteiger partial charge < -0.3 is 5.32 Å². The fourth-order valence-corrected chi connectivity index (χ4v) is 2.89. The van der Waals surface area contributed by atoms with Crippen LogP contribution in [0.25, 0.3) is 0 Å². The number of aromatic nitrogens is 2. The summed E-state index contributed by atoms with van der Waals surface area (Å²) in [4.78, 5) is 8.58. The first kappa shape index (κ1) is 12.2. The Morgan fingerprint density at radius 3 is 2.74 bits per heavy atom. The van der Waals surface area contributed by atoms with Crippen LogP contribution in [0.15, 0.2) is 42.7 Å². The zero-order chi connectivity index (χ0) is 13.1. The van der Waals surface area contributed by atoms with Gasteiger partial charge in [-0.15, -0.1) is 0 Å².